The molecule has 2 saturated heterocycles. The van der Waals surface area contributed by atoms with Gasteiger partial charge in [-0.2, -0.15) is 13.2 Å². The van der Waals surface area contributed by atoms with Gasteiger partial charge in [0.1, 0.15) is 0 Å². The Morgan fingerprint density at radius 1 is 1.17 bits per heavy atom. The van der Waals surface area contributed by atoms with Crippen molar-refractivity contribution < 1.29 is 18.0 Å². The molecule has 0 bridgehead atoms. The van der Waals surface area contributed by atoms with Gasteiger partial charge in [0.2, 0.25) is 5.91 Å². The summed E-state index contributed by atoms with van der Waals surface area (Å²) in [6.07, 6.45) is -2.82. The Labute approximate surface area is 139 Å². The number of likely N-dealkylation sites (tertiary alicyclic amines) is 1. The average Bonchev–Trinajstić information content (AvgIpc) is 3.22. The number of benzene rings is 1. The summed E-state index contributed by atoms with van der Waals surface area (Å²) in [6, 6.07) is 5.67. The van der Waals surface area contributed by atoms with E-state index in [1.807, 2.05) is 4.90 Å². The fourth-order valence-corrected chi connectivity index (χ4v) is 4.36. The van der Waals surface area contributed by atoms with E-state index < -0.39 is 11.7 Å². The second-order valence-electron chi connectivity index (χ2n) is 7.29. The van der Waals surface area contributed by atoms with Crippen molar-refractivity contribution in [2.75, 3.05) is 26.2 Å². The number of amides is 1. The number of fused-ring (bicyclic) bond motifs is 1. The van der Waals surface area contributed by atoms with Crippen LogP contribution in [-0.2, 0) is 11.0 Å². The van der Waals surface area contributed by atoms with Crippen LogP contribution in [0.5, 0.6) is 0 Å². The van der Waals surface area contributed by atoms with E-state index in [0.717, 1.165) is 38.7 Å². The molecule has 3 nitrogen and oxygen atoms in total. The second kappa shape index (κ2) is 5.76. The fraction of sp³-hybridized carbons (Fsp3) is 0.611. The first-order valence-electron chi connectivity index (χ1n) is 8.61. The Balaban J connectivity index is 1.46. The summed E-state index contributed by atoms with van der Waals surface area (Å²) in [5.41, 5.74) is -0.315. The molecule has 0 spiro atoms. The highest BCUT2D eigenvalue weighted by molar-refractivity contribution is 5.83. The Kier molecular flexibility index (Phi) is 3.82. The van der Waals surface area contributed by atoms with Crippen molar-refractivity contribution in [2.24, 2.45) is 17.8 Å². The third-order valence-corrected chi connectivity index (χ3v) is 5.79. The Hall–Kier alpha value is -1.56. The van der Waals surface area contributed by atoms with Gasteiger partial charge in [-0.25, -0.2) is 0 Å². The molecular weight excluding hydrogens is 317 g/mol. The van der Waals surface area contributed by atoms with Gasteiger partial charge in [0, 0.05) is 19.0 Å². The zero-order chi connectivity index (χ0) is 16.9. The van der Waals surface area contributed by atoms with E-state index in [0.29, 0.717) is 18.3 Å². The van der Waals surface area contributed by atoms with Gasteiger partial charge in [-0.15, -0.1) is 0 Å². The van der Waals surface area contributed by atoms with E-state index in [9.17, 15) is 18.0 Å². The number of halogens is 3. The first-order chi connectivity index (χ1) is 11.4. The van der Waals surface area contributed by atoms with Crippen LogP contribution in [0.4, 0.5) is 13.2 Å². The van der Waals surface area contributed by atoms with Crippen LogP contribution in [0.25, 0.3) is 0 Å². The summed E-state index contributed by atoms with van der Waals surface area (Å²) in [6.45, 7) is 3.46. The number of alkyl halides is 3. The first-order valence-corrected chi connectivity index (χ1v) is 8.61. The molecule has 1 saturated carbocycles. The number of nitrogens with one attached hydrogen (secondary N) is 1. The van der Waals surface area contributed by atoms with Gasteiger partial charge < -0.3 is 10.2 Å². The van der Waals surface area contributed by atoms with Crippen LogP contribution in [0.3, 0.4) is 0 Å². The van der Waals surface area contributed by atoms with Crippen LogP contribution in [0.1, 0.15) is 29.9 Å². The molecule has 1 aromatic rings. The van der Waals surface area contributed by atoms with Crippen molar-refractivity contribution in [3.05, 3.63) is 35.4 Å². The minimum Gasteiger partial charge on any atom is -0.342 e. The summed E-state index contributed by atoms with van der Waals surface area (Å²) in [7, 11) is 0. The molecule has 1 aliphatic carbocycles. The maximum atomic E-state index is 13.2. The summed E-state index contributed by atoms with van der Waals surface area (Å²) in [5, 5.41) is 3.36. The lowest BCUT2D eigenvalue weighted by atomic mass is 9.88. The van der Waals surface area contributed by atoms with E-state index in [4.69, 9.17) is 0 Å². The number of carbonyl (C=O) groups excluding carboxylic acids is 1. The van der Waals surface area contributed by atoms with Crippen molar-refractivity contribution in [1.29, 1.82) is 0 Å². The highest BCUT2D eigenvalue weighted by Gasteiger charge is 2.50. The SMILES string of the molecule is O=C([C@@H]1C[C@H]1c1ccccc1C(F)(F)F)N1CC[C@H]2CNC[C@@H]2C1. The van der Waals surface area contributed by atoms with Gasteiger partial charge in [0.05, 0.1) is 5.56 Å². The number of piperidine rings is 1. The van der Waals surface area contributed by atoms with Crippen molar-refractivity contribution in [2.45, 2.75) is 24.9 Å². The van der Waals surface area contributed by atoms with Crippen molar-refractivity contribution >= 4 is 5.91 Å². The van der Waals surface area contributed by atoms with E-state index in [1.165, 1.54) is 12.1 Å². The summed E-state index contributed by atoms with van der Waals surface area (Å²) in [5.74, 6) is 0.633. The molecule has 0 radical (unpaired) electrons. The quantitative estimate of drug-likeness (QED) is 0.899. The number of carbonyl (C=O) groups is 1. The zero-order valence-electron chi connectivity index (χ0n) is 13.4. The van der Waals surface area contributed by atoms with Gasteiger partial charge in [0.25, 0.3) is 0 Å². The molecule has 4 rings (SSSR count). The molecule has 24 heavy (non-hydrogen) atoms. The highest BCUT2D eigenvalue weighted by atomic mass is 19.4. The highest BCUT2D eigenvalue weighted by Crippen LogP contribution is 2.52. The minimum atomic E-state index is -4.36. The largest absolute Gasteiger partial charge is 0.416 e. The average molecular weight is 338 g/mol. The van der Waals surface area contributed by atoms with Crippen LogP contribution in [0.2, 0.25) is 0 Å². The number of rotatable bonds is 2. The molecule has 130 valence electrons. The lowest BCUT2D eigenvalue weighted by Gasteiger charge is -2.34. The van der Waals surface area contributed by atoms with Gasteiger partial charge in [-0.3, -0.25) is 4.79 Å². The molecule has 1 aromatic carbocycles. The predicted octanol–water partition coefficient (Wildman–Crippen LogP) is 2.88. The number of hydrogen-bond acceptors (Lipinski definition) is 2. The molecule has 2 heterocycles. The van der Waals surface area contributed by atoms with Crippen LogP contribution in [0.15, 0.2) is 24.3 Å². The van der Waals surface area contributed by atoms with Crippen molar-refractivity contribution in [3.8, 4) is 0 Å². The van der Waals surface area contributed by atoms with Crippen LogP contribution in [0, 0.1) is 17.8 Å². The van der Waals surface area contributed by atoms with E-state index in [1.54, 1.807) is 6.07 Å². The van der Waals surface area contributed by atoms with Crippen LogP contribution in [-0.4, -0.2) is 37.0 Å². The van der Waals surface area contributed by atoms with E-state index in [-0.39, 0.29) is 23.3 Å². The standard InChI is InChI=1S/C18H21F3N2O/c19-18(20,21)16-4-2-1-3-13(16)14-7-15(14)17(24)23-6-5-11-8-22-9-12(11)10-23/h1-4,11-12,14-15,22H,5-10H2/t11-,12+,14-,15+/m0/s1. The van der Waals surface area contributed by atoms with Crippen molar-refractivity contribution in [1.82, 2.24) is 10.2 Å². The van der Waals surface area contributed by atoms with Gasteiger partial charge in [-0.1, -0.05) is 18.2 Å². The fourth-order valence-electron chi connectivity index (χ4n) is 4.36. The Bertz CT molecular complexity index is 645. The molecule has 0 aromatic heterocycles. The molecule has 4 atom stereocenters. The Morgan fingerprint density at radius 2 is 1.92 bits per heavy atom. The van der Waals surface area contributed by atoms with Crippen molar-refractivity contribution in [3.63, 3.8) is 0 Å². The number of nitrogens with zero attached hydrogens (tertiary/aromatic N) is 1. The molecule has 2 aliphatic heterocycles. The second-order valence-corrected chi connectivity index (χ2v) is 7.29. The summed E-state index contributed by atoms with van der Waals surface area (Å²) < 4.78 is 39.5. The molecule has 1 N–H and O–H groups in total. The monoisotopic (exact) mass is 338 g/mol. The molecule has 0 unspecified atom stereocenters. The topological polar surface area (TPSA) is 32.3 Å². The summed E-state index contributed by atoms with van der Waals surface area (Å²) in [4.78, 5) is 14.6. The predicted molar refractivity (Wildman–Crippen MR) is 83.3 cm³/mol. The summed E-state index contributed by atoms with van der Waals surface area (Å²) >= 11 is 0. The first kappa shape index (κ1) is 15.9. The van der Waals surface area contributed by atoms with E-state index in [2.05, 4.69) is 5.32 Å². The molecule has 3 fully saturated rings. The molecular formula is C18H21F3N2O. The number of hydrogen-bond donors (Lipinski definition) is 1. The minimum absolute atomic E-state index is 0.0438. The third-order valence-electron chi connectivity index (χ3n) is 5.79. The maximum Gasteiger partial charge on any atom is 0.416 e. The van der Waals surface area contributed by atoms with Gasteiger partial charge >= 0.3 is 6.18 Å². The maximum absolute atomic E-state index is 13.2. The molecule has 3 aliphatic rings. The normalized spacial score (nSPS) is 32.5. The van der Waals surface area contributed by atoms with E-state index >= 15 is 0 Å². The van der Waals surface area contributed by atoms with Crippen LogP contribution >= 0.6 is 0 Å². The Morgan fingerprint density at radius 3 is 2.71 bits per heavy atom. The molecule has 1 amide bonds. The van der Waals surface area contributed by atoms with Gasteiger partial charge in [0.15, 0.2) is 0 Å². The van der Waals surface area contributed by atoms with Gasteiger partial charge in [-0.05, 0) is 55.3 Å². The lowest BCUT2D eigenvalue weighted by Crippen LogP contribution is -2.44. The van der Waals surface area contributed by atoms with Crippen LogP contribution < -0.4 is 5.32 Å². The smallest absolute Gasteiger partial charge is 0.342 e. The third kappa shape index (κ3) is 2.81. The zero-order valence-corrected chi connectivity index (χ0v) is 13.4. The molecule has 6 heteroatoms. The lowest BCUT2D eigenvalue weighted by molar-refractivity contribution is -0.139.